The summed E-state index contributed by atoms with van der Waals surface area (Å²) in [6.07, 6.45) is 3.23. The maximum Gasteiger partial charge on any atom is 0.262 e. The number of imidazole rings is 1. The van der Waals surface area contributed by atoms with E-state index in [2.05, 4.69) is 21.9 Å². The van der Waals surface area contributed by atoms with Crippen LogP contribution in [0.25, 0.3) is 32.9 Å². The van der Waals surface area contributed by atoms with Gasteiger partial charge < -0.3 is 15.0 Å². The van der Waals surface area contributed by atoms with Gasteiger partial charge in [0, 0.05) is 11.8 Å². The van der Waals surface area contributed by atoms with Crippen molar-refractivity contribution in [2.75, 3.05) is 20.1 Å². The topological polar surface area (TPSA) is 74.2 Å². The van der Waals surface area contributed by atoms with Gasteiger partial charge in [0.05, 0.1) is 16.4 Å². The molecule has 2 N–H and O–H groups in total. The van der Waals surface area contributed by atoms with Crippen LogP contribution in [-0.4, -0.2) is 44.7 Å². The average Bonchev–Trinajstić information content (AvgIpc) is 3.44. The van der Waals surface area contributed by atoms with E-state index in [0.29, 0.717) is 33.1 Å². The molecule has 0 spiro atoms. The van der Waals surface area contributed by atoms with Crippen LogP contribution in [0.2, 0.25) is 0 Å². The summed E-state index contributed by atoms with van der Waals surface area (Å²) in [5, 5.41) is 10.9. The number of benzene rings is 4. The maximum atomic E-state index is 15.8. The van der Waals surface area contributed by atoms with Gasteiger partial charge in [-0.3, -0.25) is 9.36 Å². The van der Waals surface area contributed by atoms with Crippen LogP contribution in [0.1, 0.15) is 41.8 Å². The van der Waals surface area contributed by atoms with E-state index in [1.165, 1.54) is 29.0 Å². The third-order valence-electron chi connectivity index (χ3n) is 8.71. The lowest BCUT2D eigenvalue weighted by molar-refractivity contribution is 0.253. The molecule has 0 amide bonds. The Morgan fingerprint density at radius 2 is 1.68 bits per heavy atom. The SMILES string of the molecule is CN1CCC(c2ccc(-c3cc(F)c4c(=O)n(C(c5nc6ccccc6[nH]5)c5cc(F)ccc5O)ccc4c3)cc2F)CC1. The van der Waals surface area contributed by atoms with Crippen LogP contribution in [0.15, 0.2) is 89.9 Å². The van der Waals surface area contributed by atoms with Crippen molar-refractivity contribution in [1.29, 1.82) is 0 Å². The number of aromatic hydroxyl groups is 1. The van der Waals surface area contributed by atoms with Gasteiger partial charge >= 0.3 is 0 Å². The lowest BCUT2D eigenvalue weighted by atomic mass is 9.88. The Hall–Kier alpha value is -4.89. The van der Waals surface area contributed by atoms with Gasteiger partial charge in [-0.25, -0.2) is 18.2 Å². The van der Waals surface area contributed by atoms with Gasteiger partial charge in [-0.1, -0.05) is 24.3 Å². The fourth-order valence-electron chi connectivity index (χ4n) is 6.35. The molecule has 1 aliphatic heterocycles. The zero-order valence-corrected chi connectivity index (χ0v) is 23.9. The van der Waals surface area contributed by atoms with Gasteiger partial charge in [0.1, 0.15) is 35.1 Å². The van der Waals surface area contributed by atoms with Crippen LogP contribution >= 0.6 is 0 Å². The molecule has 4 aromatic carbocycles. The van der Waals surface area contributed by atoms with Gasteiger partial charge in [0.15, 0.2) is 0 Å². The predicted octanol–water partition coefficient (Wildman–Crippen LogP) is 7.11. The summed E-state index contributed by atoms with van der Waals surface area (Å²) in [6.45, 7) is 1.82. The Bertz CT molecular complexity index is 2060. The van der Waals surface area contributed by atoms with E-state index < -0.39 is 23.2 Å². The molecular formula is C35H29F3N4O2. The molecule has 222 valence electrons. The van der Waals surface area contributed by atoms with E-state index >= 15 is 8.78 Å². The zero-order chi connectivity index (χ0) is 30.5. The van der Waals surface area contributed by atoms with Crippen molar-refractivity contribution in [3.63, 3.8) is 0 Å². The third-order valence-corrected chi connectivity index (χ3v) is 8.71. The van der Waals surface area contributed by atoms with Gasteiger partial charge in [-0.05, 0) is 116 Å². The van der Waals surface area contributed by atoms with Crippen LogP contribution in [0.5, 0.6) is 5.75 Å². The van der Waals surface area contributed by atoms with E-state index in [-0.39, 0.29) is 34.3 Å². The zero-order valence-electron chi connectivity index (χ0n) is 23.9. The average molecular weight is 595 g/mol. The lowest BCUT2D eigenvalue weighted by Crippen LogP contribution is -2.29. The van der Waals surface area contributed by atoms with E-state index in [4.69, 9.17) is 0 Å². The summed E-state index contributed by atoms with van der Waals surface area (Å²) in [7, 11) is 2.06. The Balaban J connectivity index is 1.32. The first-order chi connectivity index (χ1) is 21.3. The van der Waals surface area contributed by atoms with Crippen LogP contribution in [-0.2, 0) is 0 Å². The molecule has 0 radical (unpaired) electrons. The molecule has 6 nitrogen and oxygen atoms in total. The highest BCUT2D eigenvalue weighted by atomic mass is 19.1. The number of para-hydroxylation sites is 2. The number of hydrogen-bond acceptors (Lipinski definition) is 4. The van der Waals surface area contributed by atoms with Gasteiger partial charge in [-0.15, -0.1) is 0 Å². The molecule has 0 bridgehead atoms. The normalized spacial score (nSPS) is 15.3. The lowest BCUT2D eigenvalue weighted by Gasteiger charge is -2.29. The number of aromatic amines is 1. The predicted molar refractivity (Wildman–Crippen MR) is 164 cm³/mol. The molecule has 1 atom stereocenters. The molecule has 0 saturated carbocycles. The number of nitrogens with one attached hydrogen (secondary N) is 1. The number of rotatable bonds is 5. The molecular weight excluding hydrogens is 565 g/mol. The van der Waals surface area contributed by atoms with Crippen molar-refractivity contribution in [2.24, 2.45) is 0 Å². The fraction of sp³-hybridized carbons (Fsp3) is 0.200. The molecule has 3 heterocycles. The number of nitrogens with zero attached hydrogens (tertiary/aromatic N) is 3. The van der Waals surface area contributed by atoms with Crippen molar-refractivity contribution in [2.45, 2.75) is 24.8 Å². The van der Waals surface area contributed by atoms with E-state index in [0.717, 1.165) is 38.1 Å². The highest BCUT2D eigenvalue weighted by Crippen LogP contribution is 2.35. The second-order valence-electron chi connectivity index (χ2n) is 11.5. The summed E-state index contributed by atoms with van der Waals surface area (Å²) in [4.78, 5) is 23.9. The minimum absolute atomic E-state index is 0.0858. The summed E-state index contributed by atoms with van der Waals surface area (Å²) in [6, 6.07) is 19.1. The molecule has 1 fully saturated rings. The van der Waals surface area contributed by atoms with Crippen molar-refractivity contribution in [3.8, 4) is 16.9 Å². The monoisotopic (exact) mass is 594 g/mol. The minimum Gasteiger partial charge on any atom is -0.508 e. The smallest absolute Gasteiger partial charge is 0.262 e. The minimum atomic E-state index is -1.09. The quantitative estimate of drug-likeness (QED) is 0.223. The molecule has 1 unspecified atom stereocenters. The van der Waals surface area contributed by atoms with Crippen molar-refractivity contribution >= 4 is 21.8 Å². The first-order valence-electron chi connectivity index (χ1n) is 14.5. The van der Waals surface area contributed by atoms with Crippen LogP contribution < -0.4 is 5.56 Å². The molecule has 9 heteroatoms. The Kier molecular flexibility index (Phi) is 6.97. The molecule has 1 saturated heterocycles. The number of likely N-dealkylation sites (tertiary alicyclic amines) is 1. The Labute approximate surface area is 251 Å². The Morgan fingerprint density at radius 1 is 0.909 bits per heavy atom. The first kappa shape index (κ1) is 27.9. The number of H-pyrrole nitrogens is 1. The summed E-state index contributed by atoms with van der Waals surface area (Å²) in [5.41, 5.74) is 2.31. The fourth-order valence-corrected chi connectivity index (χ4v) is 6.35. The highest BCUT2D eigenvalue weighted by molar-refractivity contribution is 5.87. The Morgan fingerprint density at radius 3 is 2.45 bits per heavy atom. The van der Waals surface area contributed by atoms with Crippen LogP contribution in [0.3, 0.4) is 0 Å². The number of phenols is 1. The molecule has 0 aliphatic carbocycles. The van der Waals surface area contributed by atoms with Crippen LogP contribution in [0, 0.1) is 17.5 Å². The molecule has 6 aromatic rings. The van der Waals surface area contributed by atoms with E-state index in [9.17, 15) is 14.3 Å². The number of fused-ring (bicyclic) bond motifs is 2. The van der Waals surface area contributed by atoms with Crippen molar-refractivity contribution < 1.29 is 18.3 Å². The molecule has 7 rings (SSSR count). The number of phenolic OH excluding ortho intramolecular Hbond substituents is 1. The van der Waals surface area contributed by atoms with E-state index in [1.807, 2.05) is 18.2 Å². The van der Waals surface area contributed by atoms with Crippen LogP contribution in [0.4, 0.5) is 13.2 Å². The highest BCUT2D eigenvalue weighted by Gasteiger charge is 2.27. The van der Waals surface area contributed by atoms with Crippen molar-refractivity contribution in [3.05, 3.63) is 130 Å². The van der Waals surface area contributed by atoms with Crippen molar-refractivity contribution in [1.82, 2.24) is 19.4 Å². The summed E-state index contributed by atoms with van der Waals surface area (Å²) < 4.78 is 46.7. The molecule has 2 aromatic heterocycles. The molecule has 44 heavy (non-hydrogen) atoms. The molecule has 1 aliphatic rings. The number of aromatic nitrogens is 3. The van der Waals surface area contributed by atoms with Gasteiger partial charge in [0.2, 0.25) is 0 Å². The second kappa shape index (κ2) is 11.0. The maximum absolute atomic E-state index is 15.8. The van der Waals surface area contributed by atoms with Gasteiger partial charge in [-0.2, -0.15) is 0 Å². The summed E-state index contributed by atoms with van der Waals surface area (Å²) >= 11 is 0. The van der Waals surface area contributed by atoms with E-state index in [1.54, 1.807) is 30.3 Å². The number of piperidine rings is 1. The standard InChI is InChI=1S/C35H29F3N4O2/c1-41-13-10-20(11-14-41)25-8-6-21(17-27(25)37)23-16-22-12-15-42(35(44)32(22)28(38)18-23)33(26-19-24(36)7-9-31(26)43)34-39-29-4-2-3-5-30(29)40-34/h2-9,12,15-20,33,43H,10-11,13-14H2,1H3,(H,39,40). The first-order valence-corrected chi connectivity index (χ1v) is 14.5. The number of hydrogen-bond donors (Lipinski definition) is 2. The third kappa shape index (κ3) is 4.93. The van der Waals surface area contributed by atoms with Gasteiger partial charge in [0.25, 0.3) is 5.56 Å². The summed E-state index contributed by atoms with van der Waals surface area (Å²) in [5.74, 6) is -1.54. The largest absolute Gasteiger partial charge is 0.508 e. The number of pyridine rings is 1. The number of halogens is 3. The second-order valence-corrected chi connectivity index (χ2v) is 11.5.